The van der Waals surface area contributed by atoms with Crippen molar-refractivity contribution in [2.45, 2.75) is 39.7 Å². The van der Waals surface area contributed by atoms with E-state index < -0.39 is 6.10 Å². The third-order valence-electron chi connectivity index (χ3n) is 3.03. The van der Waals surface area contributed by atoms with Crippen molar-refractivity contribution in [3.8, 4) is 5.69 Å². The Morgan fingerprint density at radius 2 is 2.05 bits per heavy atom. The van der Waals surface area contributed by atoms with E-state index in [1.165, 1.54) is 0 Å². The van der Waals surface area contributed by atoms with Crippen molar-refractivity contribution in [3.63, 3.8) is 0 Å². The molecule has 1 aromatic heterocycles. The summed E-state index contributed by atoms with van der Waals surface area (Å²) in [5.74, 6) is 1.81. The van der Waals surface area contributed by atoms with Crippen LogP contribution in [0, 0.1) is 0 Å². The highest BCUT2D eigenvalue weighted by molar-refractivity contribution is 9.10. The summed E-state index contributed by atoms with van der Waals surface area (Å²) in [6.07, 6.45) is 1.17. The van der Waals surface area contributed by atoms with Crippen LogP contribution in [0.5, 0.6) is 0 Å². The van der Waals surface area contributed by atoms with Gasteiger partial charge in [0.15, 0.2) is 5.82 Å². The minimum Gasteiger partial charge on any atom is -0.389 e. The second-order valence-corrected chi connectivity index (χ2v) is 5.30. The number of nitrogens with zero attached hydrogens (tertiary/aromatic N) is 3. The van der Waals surface area contributed by atoms with E-state index in [9.17, 15) is 5.11 Å². The van der Waals surface area contributed by atoms with Crippen LogP contribution in [0.2, 0.25) is 0 Å². The predicted octanol–water partition coefficient (Wildman–Crippen LogP) is 3.21. The highest BCUT2D eigenvalue weighted by atomic mass is 79.9. The highest BCUT2D eigenvalue weighted by Crippen LogP contribution is 2.26. The summed E-state index contributed by atoms with van der Waals surface area (Å²) in [7, 11) is 0. The lowest BCUT2D eigenvalue weighted by Gasteiger charge is -2.10. The molecule has 1 aromatic carbocycles. The quantitative estimate of drug-likeness (QED) is 0.939. The van der Waals surface area contributed by atoms with Crippen molar-refractivity contribution in [2.24, 2.45) is 0 Å². The van der Waals surface area contributed by atoms with Gasteiger partial charge in [0, 0.05) is 17.3 Å². The zero-order valence-corrected chi connectivity index (χ0v) is 13.0. The SMILES string of the molecule is CCc1nc(CC)n(-c2ccc([C@@H](C)O)c(Br)c2)n1. The van der Waals surface area contributed by atoms with Gasteiger partial charge in [0.2, 0.25) is 0 Å². The molecule has 2 aromatic rings. The molecule has 0 amide bonds. The number of hydrogen-bond acceptors (Lipinski definition) is 3. The Hall–Kier alpha value is -1.20. The zero-order valence-electron chi connectivity index (χ0n) is 11.4. The van der Waals surface area contributed by atoms with Gasteiger partial charge in [-0.15, -0.1) is 0 Å². The van der Waals surface area contributed by atoms with E-state index in [2.05, 4.69) is 32.9 Å². The van der Waals surface area contributed by atoms with E-state index in [1.54, 1.807) is 6.92 Å². The smallest absolute Gasteiger partial charge is 0.151 e. The molecule has 0 radical (unpaired) electrons. The fourth-order valence-corrected chi connectivity index (χ4v) is 2.66. The van der Waals surface area contributed by atoms with E-state index in [4.69, 9.17) is 0 Å². The van der Waals surface area contributed by atoms with Crippen molar-refractivity contribution in [3.05, 3.63) is 39.9 Å². The van der Waals surface area contributed by atoms with Crippen LogP contribution >= 0.6 is 15.9 Å². The molecule has 0 saturated heterocycles. The topological polar surface area (TPSA) is 50.9 Å². The number of aryl methyl sites for hydroxylation is 2. The maximum absolute atomic E-state index is 9.64. The Morgan fingerprint density at radius 3 is 2.58 bits per heavy atom. The van der Waals surface area contributed by atoms with E-state index >= 15 is 0 Å². The lowest BCUT2D eigenvalue weighted by atomic mass is 10.1. The summed E-state index contributed by atoms with van der Waals surface area (Å²) in [6, 6.07) is 5.84. The van der Waals surface area contributed by atoms with Crippen LogP contribution in [0.15, 0.2) is 22.7 Å². The molecular formula is C14H18BrN3O. The number of benzene rings is 1. The van der Waals surface area contributed by atoms with Crippen molar-refractivity contribution >= 4 is 15.9 Å². The number of aliphatic hydroxyl groups excluding tert-OH is 1. The van der Waals surface area contributed by atoms with Gasteiger partial charge in [-0.1, -0.05) is 35.8 Å². The van der Waals surface area contributed by atoms with Crippen molar-refractivity contribution in [2.75, 3.05) is 0 Å². The summed E-state index contributed by atoms with van der Waals surface area (Å²) in [5, 5.41) is 14.2. The lowest BCUT2D eigenvalue weighted by molar-refractivity contribution is 0.198. The first-order valence-electron chi connectivity index (χ1n) is 6.49. The number of halogens is 1. The number of hydrogen-bond donors (Lipinski definition) is 1. The van der Waals surface area contributed by atoms with Crippen LogP contribution < -0.4 is 0 Å². The molecule has 4 nitrogen and oxygen atoms in total. The first kappa shape index (κ1) is 14.2. The number of aromatic nitrogens is 3. The fraction of sp³-hybridized carbons (Fsp3) is 0.429. The van der Waals surface area contributed by atoms with Crippen LogP contribution in [0.1, 0.15) is 44.1 Å². The average molecular weight is 324 g/mol. The summed E-state index contributed by atoms with van der Waals surface area (Å²) < 4.78 is 2.76. The van der Waals surface area contributed by atoms with Crippen LogP contribution in [-0.4, -0.2) is 19.9 Å². The van der Waals surface area contributed by atoms with Gasteiger partial charge < -0.3 is 5.11 Å². The van der Waals surface area contributed by atoms with E-state index in [-0.39, 0.29) is 0 Å². The molecule has 0 aliphatic rings. The van der Waals surface area contributed by atoms with Gasteiger partial charge in [-0.05, 0) is 24.6 Å². The standard InChI is InChI=1S/C14H18BrN3O/c1-4-13-16-14(5-2)18(17-13)10-6-7-11(9(3)19)12(15)8-10/h6-9,19H,4-5H2,1-3H3/t9-/m1/s1. The Morgan fingerprint density at radius 1 is 1.32 bits per heavy atom. The molecule has 0 spiro atoms. The molecule has 0 bridgehead atoms. The van der Waals surface area contributed by atoms with E-state index in [1.807, 2.05) is 29.8 Å². The highest BCUT2D eigenvalue weighted by Gasteiger charge is 2.12. The van der Waals surface area contributed by atoms with Gasteiger partial charge in [0.1, 0.15) is 5.82 Å². The number of aliphatic hydroxyl groups is 1. The van der Waals surface area contributed by atoms with Gasteiger partial charge in [0.05, 0.1) is 11.8 Å². The summed E-state index contributed by atoms with van der Waals surface area (Å²) in [5.41, 5.74) is 1.83. The first-order chi connectivity index (χ1) is 9.06. The molecule has 0 saturated carbocycles. The molecule has 2 rings (SSSR count). The molecule has 19 heavy (non-hydrogen) atoms. The molecule has 0 aliphatic carbocycles. The second-order valence-electron chi connectivity index (χ2n) is 4.44. The van der Waals surface area contributed by atoms with Gasteiger partial charge in [-0.25, -0.2) is 9.67 Å². The first-order valence-corrected chi connectivity index (χ1v) is 7.28. The maximum atomic E-state index is 9.64. The third-order valence-corrected chi connectivity index (χ3v) is 3.72. The molecule has 0 aliphatic heterocycles. The van der Waals surface area contributed by atoms with Gasteiger partial charge in [0.25, 0.3) is 0 Å². The fourth-order valence-electron chi connectivity index (χ4n) is 1.96. The monoisotopic (exact) mass is 323 g/mol. The zero-order chi connectivity index (χ0) is 14.0. The molecule has 5 heteroatoms. The van der Waals surface area contributed by atoms with Crippen LogP contribution in [0.3, 0.4) is 0 Å². The van der Waals surface area contributed by atoms with E-state index in [0.717, 1.165) is 40.2 Å². The van der Waals surface area contributed by atoms with Gasteiger partial charge in [-0.3, -0.25) is 0 Å². The molecule has 1 N–H and O–H groups in total. The van der Waals surface area contributed by atoms with Gasteiger partial charge in [-0.2, -0.15) is 5.10 Å². The Bertz CT molecular complexity index is 578. The van der Waals surface area contributed by atoms with Crippen LogP contribution in [0.25, 0.3) is 5.69 Å². The van der Waals surface area contributed by atoms with E-state index in [0.29, 0.717) is 0 Å². The normalized spacial score (nSPS) is 12.7. The molecular weight excluding hydrogens is 306 g/mol. The van der Waals surface area contributed by atoms with Crippen molar-refractivity contribution < 1.29 is 5.11 Å². The van der Waals surface area contributed by atoms with Crippen LogP contribution in [0.4, 0.5) is 0 Å². The lowest BCUT2D eigenvalue weighted by Crippen LogP contribution is -2.03. The Balaban J connectivity index is 2.47. The Labute approximate surface area is 121 Å². The predicted molar refractivity (Wildman–Crippen MR) is 78.4 cm³/mol. The molecule has 1 atom stereocenters. The maximum Gasteiger partial charge on any atom is 0.151 e. The molecule has 102 valence electrons. The largest absolute Gasteiger partial charge is 0.389 e. The molecule has 0 fully saturated rings. The number of rotatable bonds is 4. The minimum atomic E-state index is -0.490. The third kappa shape index (κ3) is 2.87. The summed E-state index contributed by atoms with van der Waals surface area (Å²) >= 11 is 3.49. The second kappa shape index (κ2) is 5.84. The van der Waals surface area contributed by atoms with Crippen molar-refractivity contribution in [1.29, 1.82) is 0 Å². The summed E-state index contributed by atoms with van der Waals surface area (Å²) in [6.45, 7) is 5.87. The van der Waals surface area contributed by atoms with Gasteiger partial charge >= 0.3 is 0 Å². The Kier molecular flexibility index (Phi) is 4.37. The average Bonchev–Trinajstić information content (AvgIpc) is 2.81. The summed E-state index contributed by atoms with van der Waals surface area (Å²) in [4.78, 5) is 4.50. The minimum absolute atomic E-state index is 0.490. The van der Waals surface area contributed by atoms with Crippen LogP contribution in [-0.2, 0) is 12.8 Å². The molecule has 1 heterocycles. The molecule has 0 unspecified atom stereocenters. The van der Waals surface area contributed by atoms with Crippen molar-refractivity contribution in [1.82, 2.24) is 14.8 Å².